The highest BCUT2D eigenvalue weighted by molar-refractivity contribution is 8.00. The Morgan fingerprint density at radius 1 is 1.59 bits per heavy atom. The molecular weight excluding hydrogens is 240 g/mol. The van der Waals surface area contributed by atoms with Crippen molar-refractivity contribution in [2.24, 2.45) is 5.92 Å². The Morgan fingerprint density at radius 3 is 2.94 bits per heavy atom. The molecule has 2 atom stereocenters. The highest BCUT2D eigenvalue weighted by Crippen LogP contribution is 2.30. The molecule has 6 nitrogen and oxygen atoms in total. The first kappa shape index (κ1) is 12.3. The van der Waals surface area contributed by atoms with Crippen LogP contribution in [0.25, 0.3) is 0 Å². The van der Waals surface area contributed by atoms with E-state index in [-0.39, 0.29) is 17.3 Å². The average Bonchev–Trinajstić information content (AvgIpc) is 2.75. The molecule has 0 N–H and O–H groups in total. The van der Waals surface area contributed by atoms with E-state index in [1.165, 1.54) is 11.8 Å². The Hall–Kier alpha value is -1.11. The van der Waals surface area contributed by atoms with Gasteiger partial charge in [-0.1, -0.05) is 25.6 Å². The predicted octanol–water partition coefficient (Wildman–Crippen LogP) is 1.13. The molecule has 1 aromatic heterocycles. The summed E-state index contributed by atoms with van der Waals surface area (Å²) in [4.78, 5) is 11.5. The standard InChI is InChI=1S/C10H16N4O2S/c1-6(2)5-14-10(11-12-13-14)17-8-4-7(3)16-9(8)15/h6-8H,4-5H2,1-3H3/t7-,8-/m0/s1. The van der Waals surface area contributed by atoms with Crippen molar-refractivity contribution in [3.63, 3.8) is 0 Å². The van der Waals surface area contributed by atoms with Crippen molar-refractivity contribution in [1.29, 1.82) is 0 Å². The minimum atomic E-state index is -0.179. The molecule has 0 spiro atoms. The van der Waals surface area contributed by atoms with Crippen LogP contribution in [0.3, 0.4) is 0 Å². The number of aromatic nitrogens is 4. The monoisotopic (exact) mass is 256 g/mol. The van der Waals surface area contributed by atoms with Crippen molar-refractivity contribution in [2.45, 2.75) is 50.2 Å². The molecule has 0 bridgehead atoms. The SMILES string of the molecule is CC(C)Cn1nnnc1S[C@H]1C[C@H](C)OC1=O. The minimum Gasteiger partial charge on any atom is -0.462 e. The Morgan fingerprint density at radius 2 is 2.35 bits per heavy atom. The maximum atomic E-state index is 11.5. The Bertz CT molecular complexity index is 407. The fourth-order valence-corrected chi connectivity index (χ4v) is 2.77. The van der Waals surface area contributed by atoms with Gasteiger partial charge in [0.1, 0.15) is 11.4 Å². The van der Waals surface area contributed by atoms with Gasteiger partial charge in [0.25, 0.3) is 0 Å². The second-order valence-electron chi connectivity index (χ2n) is 4.63. The maximum absolute atomic E-state index is 11.5. The number of rotatable bonds is 4. The normalized spacial score (nSPS) is 24.4. The van der Waals surface area contributed by atoms with Crippen LogP contribution in [0.4, 0.5) is 0 Å². The zero-order valence-electron chi connectivity index (χ0n) is 10.2. The number of carbonyl (C=O) groups is 1. The number of ether oxygens (including phenoxy) is 1. The molecule has 0 saturated carbocycles. The highest BCUT2D eigenvalue weighted by atomic mass is 32.2. The lowest BCUT2D eigenvalue weighted by atomic mass is 10.2. The zero-order chi connectivity index (χ0) is 12.4. The van der Waals surface area contributed by atoms with Crippen molar-refractivity contribution in [1.82, 2.24) is 20.2 Å². The molecule has 1 fully saturated rings. The molecule has 0 unspecified atom stereocenters. The predicted molar refractivity (Wildman–Crippen MR) is 62.5 cm³/mol. The van der Waals surface area contributed by atoms with Gasteiger partial charge in [-0.25, -0.2) is 4.68 Å². The zero-order valence-corrected chi connectivity index (χ0v) is 11.0. The van der Waals surface area contributed by atoms with Crippen LogP contribution >= 0.6 is 11.8 Å². The number of carbonyl (C=O) groups excluding carboxylic acids is 1. The smallest absolute Gasteiger partial charge is 0.319 e. The van der Waals surface area contributed by atoms with Crippen LogP contribution in [-0.2, 0) is 16.1 Å². The highest BCUT2D eigenvalue weighted by Gasteiger charge is 2.34. The van der Waals surface area contributed by atoms with Crippen LogP contribution < -0.4 is 0 Å². The maximum Gasteiger partial charge on any atom is 0.319 e. The van der Waals surface area contributed by atoms with E-state index in [4.69, 9.17) is 4.74 Å². The van der Waals surface area contributed by atoms with Gasteiger partial charge in [0.05, 0.1) is 0 Å². The van der Waals surface area contributed by atoms with E-state index in [0.29, 0.717) is 11.1 Å². The number of thioether (sulfide) groups is 1. The van der Waals surface area contributed by atoms with E-state index in [1.54, 1.807) is 4.68 Å². The Kier molecular flexibility index (Phi) is 3.66. The van der Waals surface area contributed by atoms with Gasteiger partial charge in [-0.15, -0.1) is 5.10 Å². The van der Waals surface area contributed by atoms with Gasteiger partial charge < -0.3 is 4.74 Å². The van der Waals surface area contributed by atoms with Gasteiger partial charge in [0, 0.05) is 13.0 Å². The fourth-order valence-electron chi connectivity index (χ4n) is 1.68. The van der Waals surface area contributed by atoms with E-state index in [0.717, 1.165) is 13.0 Å². The molecule has 0 aromatic carbocycles. The lowest BCUT2D eigenvalue weighted by Crippen LogP contribution is -2.13. The first-order valence-corrected chi connectivity index (χ1v) is 6.57. The molecule has 1 aromatic rings. The van der Waals surface area contributed by atoms with Crippen LogP contribution in [0.1, 0.15) is 27.2 Å². The molecule has 0 radical (unpaired) electrons. The molecule has 94 valence electrons. The topological polar surface area (TPSA) is 69.9 Å². The summed E-state index contributed by atoms with van der Waals surface area (Å²) in [7, 11) is 0. The first-order valence-electron chi connectivity index (χ1n) is 5.69. The van der Waals surface area contributed by atoms with Gasteiger partial charge in [-0.2, -0.15) is 0 Å². The van der Waals surface area contributed by atoms with Crippen LogP contribution in [-0.4, -0.2) is 37.5 Å². The van der Waals surface area contributed by atoms with Gasteiger partial charge in [0.2, 0.25) is 5.16 Å². The fraction of sp³-hybridized carbons (Fsp3) is 0.800. The summed E-state index contributed by atoms with van der Waals surface area (Å²) in [6, 6.07) is 0. The summed E-state index contributed by atoms with van der Waals surface area (Å²) in [5.41, 5.74) is 0. The quantitative estimate of drug-likeness (QED) is 0.752. The molecule has 0 aliphatic carbocycles. The van der Waals surface area contributed by atoms with Crippen molar-refractivity contribution in [2.75, 3.05) is 0 Å². The summed E-state index contributed by atoms with van der Waals surface area (Å²) < 4.78 is 6.85. The number of nitrogens with zero attached hydrogens (tertiary/aromatic N) is 4. The van der Waals surface area contributed by atoms with Gasteiger partial charge >= 0.3 is 5.97 Å². The molecule has 0 amide bonds. The summed E-state index contributed by atoms with van der Waals surface area (Å²) in [6.07, 6.45) is 0.715. The van der Waals surface area contributed by atoms with Crippen molar-refractivity contribution < 1.29 is 9.53 Å². The summed E-state index contributed by atoms with van der Waals surface area (Å²) >= 11 is 1.39. The van der Waals surface area contributed by atoms with Gasteiger partial charge in [-0.05, 0) is 23.3 Å². The van der Waals surface area contributed by atoms with E-state index in [2.05, 4.69) is 29.4 Å². The van der Waals surface area contributed by atoms with E-state index in [9.17, 15) is 4.79 Å². The van der Waals surface area contributed by atoms with Gasteiger partial charge in [0.15, 0.2) is 0 Å². The van der Waals surface area contributed by atoms with Crippen molar-refractivity contribution in [3.05, 3.63) is 0 Å². The number of hydrogen-bond acceptors (Lipinski definition) is 6. The molecule has 7 heteroatoms. The van der Waals surface area contributed by atoms with Crippen molar-refractivity contribution >= 4 is 17.7 Å². The second kappa shape index (κ2) is 5.03. The molecule has 1 saturated heterocycles. The third-order valence-electron chi connectivity index (χ3n) is 2.41. The van der Waals surface area contributed by atoms with Crippen LogP contribution in [0.2, 0.25) is 0 Å². The van der Waals surface area contributed by atoms with E-state index in [1.807, 2.05) is 6.92 Å². The summed E-state index contributed by atoms with van der Waals surface area (Å²) in [5.74, 6) is 0.300. The summed E-state index contributed by atoms with van der Waals surface area (Å²) in [5, 5.41) is 12.0. The molecule has 2 heterocycles. The lowest BCUT2D eigenvalue weighted by Gasteiger charge is -2.08. The molecule has 2 rings (SSSR count). The average molecular weight is 256 g/mol. The molecule has 1 aliphatic heterocycles. The third-order valence-corrected chi connectivity index (χ3v) is 3.58. The van der Waals surface area contributed by atoms with Gasteiger partial charge in [-0.3, -0.25) is 4.79 Å². The Labute approximate surface area is 104 Å². The molecular formula is C10H16N4O2S. The molecule has 17 heavy (non-hydrogen) atoms. The van der Waals surface area contributed by atoms with Crippen LogP contribution in [0.5, 0.6) is 0 Å². The van der Waals surface area contributed by atoms with E-state index < -0.39 is 0 Å². The number of hydrogen-bond donors (Lipinski definition) is 0. The molecule has 1 aliphatic rings. The van der Waals surface area contributed by atoms with Crippen LogP contribution in [0.15, 0.2) is 5.16 Å². The second-order valence-corrected chi connectivity index (χ2v) is 5.80. The van der Waals surface area contributed by atoms with Crippen LogP contribution in [0, 0.1) is 5.92 Å². The van der Waals surface area contributed by atoms with E-state index >= 15 is 0 Å². The third kappa shape index (κ3) is 2.96. The minimum absolute atomic E-state index is 0.00516. The van der Waals surface area contributed by atoms with Crippen molar-refractivity contribution in [3.8, 4) is 0 Å². The first-order chi connectivity index (χ1) is 8.06. The number of cyclic esters (lactones) is 1. The number of esters is 1. The summed E-state index contributed by atoms with van der Waals surface area (Å²) in [6.45, 7) is 6.85. The Balaban J connectivity index is 2.03. The largest absolute Gasteiger partial charge is 0.462 e. The lowest BCUT2D eigenvalue weighted by molar-refractivity contribution is -0.140. The number of tetrazole rings is 1.